The van der Waals surface area contributed by atoms with Crippen molar-refractivity contribution in [2.24, 2.45) is 5.73 Å². The Hall–Kier alpha value is -0.870. The lowest BCUT2D eigenvalue weighted by atomic mass is 10.1. The molecule has 0 spiro atoms. The monoisotopic (exact) mass is 296 g/mol. The zero-order chi connectivity index (χ0) is 12.3. The lowest BCUT2D eigenvalue weighted by molar-refractivity contribution is -0.131. The number of hydrogen-bond acceptors (Lipinski definition) is 2. The number of nitrogens with two attached hydrogens (primary N) is 1. The van der Waals surface area contributed by atoms with Gasteiger partial charge >= 0.3 is 0 Å². The lowest BCUT2D eigenvalue weighted by Crippen LogP contribution is -2.43. The minimum Gasteiger partial charge on any atom is -0.341 e. The molecule has 1 heterocycles. The molecular formula is C13H17BrN2O. The van der Waals surface area contributed by atoms with Crippen LogP contribution in [0.1, 0.15) is 18.4 Å². The van der Waals surface area contributed by atoms with Gasteiger partial charge in [-0.15, -0.1) is 0 Å². The number of likely N-dealkylation sites (tertiary alicyclic amines) is 1. The maximum absolute atomic E-state index is 12.0. The molecule has 4 heteroatoms. The van der Waals surface area contributed by atoms with Crippen molar-refractivity contribution in [2.75, 3.05) is 13.1 Å². The number of nitrogens with zero attached hydrogens (tertiary/aromatic N) is 1. The average molecular weight is 297 g/mol. The maximum atomic E-state index is 12.0. The second-order valence-corrected chi connectivity index (χ2v) is 5.39. The molecule has 0 bridgehead atoms. The molecule has 1 aliphatic rings. The predicted molar refractivity (Wildman–Crippen MR) is 71.6 cm³/mol. The minimum atomic E-state index is -0.408. The standard InChI is InChI=1S/C13H17BrN2O/c14-11-5-3-10(4-6-11)9-12(15)13(17)16-7-1-2-8-16/h3-6,12H,1-2,7-9,15H2/t12-/m0/s1. The van der Waals surface area contributed by atoms with E-state index in [-0.39, 0.29) is 5.91 Å². The van der Waals surface area contributed by atoms with E-state index in [0.29, 0.717) is 6.42 Å². The molecule has 1 atom stereocenters. The van der Waals surface area contributed by atoms with E-state index in [2.05, 4.69) is 15.9 Å². The Morgan fingerprint density at radius 2 is 1.88 bits per heavy atom. The van der Waals surface area contributed by atoms with E-state index in [4.69, 9.17) is 5.73 Å². The van der Waals surface area contributed by atoms with Crippen LogP contribution in [0.3, 0.4) is 0 Å². The number of amides is 1. The van der Waals surface area contributed by atoms with Crippen LogP contribution in [0, 0.1) is 0 Å². The molecule has 2 rings (SSSR count). The molecule has 2 N–H and O–H groups in total. The van der Waals surface area contributed by atoms with Crippen molar-refractivity contribution in [3.8, 4) is 0 Å². The van der Waals surface area contributed by atoms with Crippen molar-refractivity contribution >= 4 is 21.8 Å². The fraction of sp³-hybridized carbons (Fsp3) is 0.462. The van der Waals surface area contributed by atoms with Gasteiger partial charge in [-0.1, -0.05) is 28.1 Å². The van der Waals surface area contributed by atoms with Crippen molar-refractivity contribution < 1.29 is 4.79 Å². The van der Waals surface area contributed by atoms with Crippen LogP contribution in [0.15, 0.2) is 28.7 Å². The SMILES string of the molecule is N[C@@H](Cc1ccc(Br)cc1)C(=O)N1CCCC1. The Morgan fingerprint density at radius 1 is 1.29 bits per heavy atom. The van der Waals surface area contributed by atoms with Crippen LogP contribution in [-0.2, 0) is 11.2 Å². The molecular weight excluding hydrogens is 280 g/mol. The highest BCUT2D eigenvalue weighted by Crippen LogP contribution is 2.13. The van der Waals surface area contributed by atoms with E-state index in [1.165, 1.54) is 0 Å². The third-order valence-corrected chi connectivity index (χ3v) is 3.63. The normalized spacial score (nSPS) is 17.2. The molecule has 1 aliphatic heterocycles. The van der Waals surface area contributed by atoms with Crippen LogP contribution < -0.4 is 5.73 Å². The molecule has 0 radical (unpaired) electrons. The van der Waals surface area contributed by atoms with Gasteiger partial charge < -0.3 is 10.6 Å². The van der Waals surface area contributed by atoms with Gasteiger partial charge in [-0.05, 0) is 37.0 Å². The number of hydrogen-bond donors (Lipinski definition) is 1. The van der Waals surface area contributed by atoms with Crippen molar-refractivity contribution in [3.63, 3.8) is 0 Å². The molecule has 1 saturated heterocycles. The van der Waals surface area contributed by atoms with Gasteiger partial charge in [0.25, 0.3) is 0 Å². The smallest absolute Gasteiger partial charge is 0.239 e. The van der Waals surface area contributed by atoms with E-state index < -0.39 is 6.04 Å². The Labute approximate surface area is 110 Å². The zero-order valence-electron chi connectivity index (χ0n) is 9.73. The van der Waals surface area contributed by atoms with Gasteiger partial charge in [0.05, 0.1) is 6.04 Å². The fourth-order valence-corrected chi connectivity index (χ4v) is 2.40. The van der Waals surface area contributed by atoms with Crippen LogP contribution in [0.4, 0.5) is 0 Å². The summed E-state index contributed by atoms with van der Waals surface area (Å²) in [5.74, 6) is 0.0884. The van der Waals surface area contributed by atoms with Crippen LogP contribution in [0.2, 0.25) is 0 Å². The van der Waals surface area contributed by atoms with E-state index in [1.54, 1.807) is 0 Å². The van der Waals surface area contributed by atoms with Crippen LogP contribution in [0.5, 0.6) is 0 Å². The molecule has 1 fully saturated rings. The van der Waals surface area contributed by atoms with Gasteiger partial charge in [0, 0.05) is 17.6 Å². The van der Waals surface area contributed by atoms with Gasteiger partial charge in [-0.25, -0.2) is 0 Å². The van der Waals surface area contributed by atoms with Crippen LogP contribution >= 0.6 is 15.9 Å². The summed E-state index contributed by atoms with van der Waals surface area (Å²) in [4.78, 5) is 13.9. The largest absolute Gasteiger partial charge is 0.341 e. The molecule has 3 nitrogen and oxygen atoms in total. The fourth-order valence-electron chi connectivity index (χ4n) is 2.13. The van der Waals surface area contributed by atoms with Gasteiger partial charge in [-0.3, -0.25) is 4.79 Å². The topological polar surface area (TPSA) is 46.3 Å². The lowest BCUT2D eigenvalue weighted by Gasteiger charge is -2.20. The average Bonchev–Trinajstić information content (AvgIpc) is 2.84. The number of halogens is 1. The van der Waals surface area contributed by atoms with Crippen molar-refractivity contribution in [1.29, 1.82) is 0 Å². The zero-order valence-corrected chi connectivity index (χ0v) is 11.3. The molecule has 1 aromatic carbocycles. The Balaban J connectivity index is 1.93. The Morgan fingerprint density at radius 3 is 2.47 bits per heavy atom. The first-order valence-corrected chi connectivity index (χ1v) is 6.75. The van der Waals surface area contributed by atoms with E-state index in [0.717, 1.165) is 36.0 Å². The number of carbonyl (C=O) groups excluding carboxylic acids is 1. The molecule has 1 aromatic rings. The second-order valence-electron chi connectivity index (χ2n) is 4.47. The third-order valence-electron chi connectivity index (χ3n) is 3.10. The van der Waals surface area contributed by atoms with E-state index in [1.807, 2.05) is 29.2 Å². The van der Waals surface area contributed by atoms with Crippen molar-refractivity contribution in [1.82, 2.24) is 4.90 Å². The Bertz CT molecular complexity index is 385. The molecule has 92 valence electrons. The molecule has 17 heavy (non-hydrogen) atoms. The molecule has 0 aliphatic carbocycles. The highest BCUT2D eigenvalue weighted by molar-refractivity contribution is 9.10. The van der Waals surface area contributed by atoms with E-state index in [9.17, 15) is 4.79 Å². The highest BCUT2D eigenvalue weighted by atomic mass is 79.9. The summed E-state index contributed by atoms with van der Waals surface area (Å²) in [6, 6.07) is 7.54. The highest BCUT2D eigenvalue weighted by Gasteiger charge is 2.23. The molecule has 1 amide bonds. The summed E-state index contributed by atoms with van der Waals surface area (Å²) in [7, 11) is 0. The molecule has 0 saturated carbocycles. The van der Waals surface area contributed by atoms with Gasteiger partial charge in [-0.2, -0.15) is 0 Å². The minimum absolute atomic E-state index is 0.0884. The third kappa shape index (κ3) is 3.30. The summed E-state index contributed by atoms with van der Waals surface area (Å²) < 4.78 is 1.04. The van der Waals surface area contributed by atoms with Gasteiger partial charge in [0.15, 0.2) is 0 Å². The van der Waals surface area contributed by atoms with Gasteiger partial charge in [0.1, 0.15) is 0 Å². The van der Waals surface area contributed by atoms with E-state index >= 15 is 0 Å². The van der Waals surface area contributed by atoms with Crippen LogP contribution in [0.25, 0.3) is 0 Å². The molecule has 0 aromatic heterocycles. The summed E-state index contributed by atoms with van der Waals surface area (Å²) in [6.45, 7) is 1.74. The van der Waals surface area contributed by atoms with Crippen LogP contribution in [-0.4, -0.2) is 29.9 Å². The first kappa shape index (κ1) is 12.6. The summed E-state index contributed by atoms with van der Waals surface area (Å²) in [5.41, 5.74) is 7.07. The summed E-state index contributed by atoms with van der Waals surface area (Å²) >= 11 is 3.39. The number of benzene rings is 1. The van der Waals surface area contributed by atoms with Crippen molar-refractivity contribution in [3.05, 3.63) is 34.3 Å². The first-order valence-electron chi connectivity index (χ1n) is 5.95. The Kier molecular flexibility index (Phi) is 4.18. The predicted octanol–water partition coefficient (Wildman–Crippen LogP) is 1.94. The van der Waals surface area contributed by atoms with Gasteiger partial charge in [0.2, 0.25) is 5.91 Å². The number of rotatable bonds is 3. The quantitative estimate of drug-likeness (QED) is 0.927. The first-order chi connectivity index (χ1) is 8.16. The number of carbonyl (C=O) groups is 1. The molecule has 0 unspecified atom stereocenters. The maximum Gasteiger partial charge on any atom is 0.239 e. The summed E-state index contributed by atoms with van der Waals surface area (Å²) in [6.07, 6.45) is 2.83. The summed E-state index contributed by atoms with van der Waals surface area (Å²) in [5, 5.41) is 0. The second kappa shape index (κ2) is 5.65. The van der Waals surface area contributed by atoms with Crippen molar-refractivity contribution in [2.45, 2.75) is 25.3 Å².